The first-order valence-corrected chi connectivity index (χ1v) is 7.39. The maximum atomic E-state index is 12.2. The van der Waals surface area contributed by atoms with Crippen molar-refractivity contribution in [1.29, 1.82) is 0 Å². The van der Waals surface area contributed by atoms with Gasteiger partial charge in [0.25, 0.3) is 0 Å². The van der Waals surface area contributed by atoms with Gasteiger partial charge in [-0.3, -0.25) is 4.79 Å². The Kier molecular flexibility index (Phi) is 4.21. The van der Waals surface area contributed by atoms with Crippen molar-refractivity contribution in [2.45, 2.75) is 12.5 Å². The second kappa shape index (κ2) is 6.30. The number of hydrogen-bond acceptors (Lipinski definition) is 4. The molecule has 2 aromatic carbocycles. The maximum absolute atomic E-state index is 12.2. The molecule has 1 atom stereocenters. The molecule has 0 aromatic heterocycles. The Bertz CT molecular complexity index is 775. The van der Waals surface area contributed by atoms with Crippen molar-refractivity contribution in [3.05, 3.63) is 58.6 Å². The van der Waals surface area contributed by atoms with Crippen LogP contribution in [0.3, 0.4) is 0 Å². The van der Waals surface area contributed by atoms with E-state index in [0.717, 1.165) is 5.56 Å². The fourth-order valence-corrected chi connectivity index (χ4v) is 2.75. The molecule has 1 N–H and O–H groups in total. The van der Waals surface area contributed by atoms with E-state index < -0.39 is 12.1 Å². The van der Waals surface area contributed by atoms with Crippen molar-refractivity contribution in [2.75, 3.05) is 12.4 Å². The summed E-state index contributed by atoms with van der Waals surface area (Å²) in [6.07, 6.45) is -0.515. The van der Waals surface area contributed by atoms with Crippen LogP contribution >= 0.6 is 11.6 Å². The first-order chi connectivity index (χ1) is 11.1. The molecule has 1 amide bonds. The third-order valence-electron chi connectivity index (χ3n) is 3.58. The van der Waals surface area contributed by atoms with Crippen molar-refractivity contribution in [1.82, 2.24) is 0 Å². The number of nitrogens with one attached hydrogen (secondary N) is 1. The number of ether oxygens (including phenoxy) is 2. The Balaban J connectivity index is 1.69. The molecule has 5 nitrogen and oxygen atoms in total. The number of carbonyl (C=O) groups excluding carboxylic acids is 2. The van der Waals surface area contributed by atoms with Gasteiger partial charge in [-0.15, -0.1) is 0 Å². The average Bonchev–Trinajstić information content (AvgIpc) is 2.84. The monoisotopic (exact) mass is 331 g/mol. The second-order valence-electron chi connectivity index (χ2n) is 5.08. The van der Waals surface area contributed by atoms with Crippen LogP contribution in [-0.4, -0.2) is 19.0 Å². The van der Waals surface area contributed by atoms with Crippen molar-refractivity contribution >= 4 is 29.2 Å². The summed E-state index contributed by atoms with van der Waals surface area (Å²) in [5, 5.41) is 3.14. The number of benzene rings is 2. The standard InChI is InChI=1S/C17H14ClNO4/c1-22-14-7-6-10(8-13(14)18)19-16(20)9-15-11-4-2-3-5-12(11)17(21)23-15/h2-8,15H,9H2,1H3,(H,19,20)/t15-/m1/s1. The highest BCUT2D eigenvalue weighted by Crippen LogP contribution is 2.33. The van der Waals surface area contributed by atoms with E-state index in [1.807, 2.05) is 6.07 Å². The molecule has 1 aliphatic rings. The molecular formula is C17H14ClNO4. The molecule has 3 rings (SSSR count). The summed E-state index contributed by atoms with van der Waals surface area (Å²) in [5.74, 6) is -0.130. The lowest BCUT2D eigenvalue weighted by atomic mass is 10.0. The quantitative estimate of drug-likeness (QED) is 0.870. The molecule has 0 saturated carbocycles. The number of anilines is 1. The molecule has 0 saturated heterocycles. The topological polar surface area (TPSA) is 64.6 Å². The highest BCUT2D eigenvalue weighted by Gasteiger charge is 2.32. The van der Waals surface area contributed by atoms with Gasteiger partial charge in [0, 0.05) is 11.3 Å². The minimum atomic E-state index is -0.563. The molecule has 118 valence electrons. The van der Waals surface area contributed by atoms with E-state index in [1.54, 1.807) is 36.4 Å². The van der Waals surface area contributed by atoms with Gasteiger partial charge in [-0.1, -0.05) is 29.8 Å². The minimum absolute atomic E-state index is 0.0480. The third-order valence-corrected chi connectivity index (χ3v) is 3.88. The smallest absolute Gasteiger partial charge is 0.339 e. The number of fused-ring (bicyclic) bond motifs is 1. The highest BCUT2D eigenvalue weighted by atomic mass is 35.5. The number of cyclic esters (lactones) is 1. The molecule has 1 aliphatic heterocycles. The Morgan fingerprint density at radius 1 is 1.30 bits per heavy atom. The molecule has 2 aromatic rings. The zero-order valence-corrected chi connectivity index (χ0v) is 13.1. The summed E-state index contributed by atoms with van der Waals surface area (Å²) in [5.41, 5.74) is 1.80. The van der Waals surface area contributed by atoms with Gasteiger partial charge < -0.3 is 14.8 Å². The van der Waals surface area contributed by atoms with E-state index in [9.17, 15) is 9.59 Å². The van der Waals surface area contributed by atoms with Gasteiger partial charge >= 0.3 is 5.97 Å². The second-order valence-corrected chi connectivity index (χ2v) is 5.49. The molecule has 0 unspecified atom stereocenters. The highest BCUT2D eigenvalue weighted by molar-refractivity contribution is 6.32. The van der Waals surface area contributed by atoms with E-state index in [4.69, 9.17) is 21.1 Å². The SMILES string of the molecule is COc1ccc(NC(=O)C[C@H]2OC(=O)c3ccccc32)cc1Cl. The van der Waals surface area contributed by atoms with E-state index in [-0.39, 0.29) is 12.3 Å². The summed E-state index contributed by atoms with van der Waals surface area (Å²) in [7, 11) is 1.52. The number of rotatable bonds is 4. The Morgan fingerprint density at radius 3 is 2.83 bits per heavy atom. The number of methoxy groups -OCH3 is 1. The molecular weight excluding hydrogens is 318 g/mol. The fourth-order valence-electron chi connectivity index (χ4n) is 2.50. The summed E-state index contributed by atoms with van der Waals surface area (Å²) in [6, 6.07) is 12.0. The van der Waals surface area contributed by atoms with Crippen LogP contribution in [0.5, 0.6) is 5.75 Å². The third kappa shape index (κ3) is 3.14. The Morgan fingerprint density at radius 2 is 2.09 bits per heavy atom. The zero-order chi connectivity index (χ0) is 16.4. The summed E-state index contributed by atoms with van der Waals surface area (Å²) < 4.78 is 10.3. The predicted molar refractivity (Wildman–Crippen MR) is 85.8 cm³/mol. The van der Waals surface area contributed by atoms with Crippen molar-refractivity contribution in [3.8, 4) is 5.75 Å². The van der Waals surface area contributed by atoms with Crippen LogP contribution in [-0.2, 0) is 9.53 Å². The summed E-state index contributed by atoms with van der Waals surface area (Å²) in [6.45, 7) is 0. The van der Waals surface area contributed by atoms with Crippen LogP contribution in [0.1, 0.15) is 28.4 Å². The van der Waals surface area contributed by atoms with Crippen LogP contribution in [0.4, 0.5) is 5.69 Å². The van der Waals surface area contributed by atoms with Crippen LogP contribution in [0.25, 0.3) is 0 Å². The molecule has 0 spiro atoms. The van der Waals surface area contributed by atoms with Gasteiger partial charge in [0.2, 0.25) is 5.91 Å². The van der Waals surface area contributed by atoms with E-state index in [1.165, 1.54) is 7.11 Å². The molecule has 23 heavy (non-hydrogen) atoms. The van der Waals surface area contributed by atoms with Gasteiger partial charge in [-0.25, -0.2) is 4.79 Å². The number of amides is 1. The Hall–Kier alpha value is -2.53. The van der Waals surface area contributed by atoms with Gasteiger partial charge in [0.15, 0.2) is 0 Å². The first-order valence-electron chi connectivity index (χ1n) is 7.02. The number of halogens is 1. The van der Waals surface area contributed by atoms with Crippen LogP contribution in [0.15, 0.2) is 42.5 Å². The molecule has 0 fully saturated rings. The maximum Gasteiger partial charge on any atom is 0.339 e. The summed E-state index contributed by atoms with van der Waals surface area (Å²) in [4.78, 5) is 23.9. The van der Waals surface area contributed by atoms with Crippen LogP contribution in [0.2, 0.25) is 5.02 Å². The lowest BCUT2D eigenvalue weighted by Gasteiger charge is -2.12. The zero-order valence-electron chi connectivity index (χ0n) is 12.3. The Labute approximate surface area is 138 Å². The number of carbonyl (C=O) groups is 2. The van der Waals surface area contributed by atoms with Gasteiger partial charge in [-0.05, 0) is 24.3 Å². The first kappa shape index (κ1) is 15.4. The van der Waals surface area contributed by atoms with Crippen molar-refractivity contribution < 1.29 is 19.1 Å². The normalized spacial score (nSPS) is 15.7. The van der Waals surface area contributed by atoms with Crippen molar-refractivity contribution in [2.24, 2.45) is 0 Å². The van der Waals surface area contributed by atoms with Crippen LogP contribution in [0, 0.1) is 0 Å². The number of esters is 1. The molecule has 6 heteroatoms. The fraction of sp³-hybridized carbons (Fsp3) is 0.176. The van der Waals surface area contributed by atoms with Gasteiger partial charge in [0.1, 0.15) is 11.9 Å². The lowest BCUT2D eigenvalue weighted by molar-refractivity contribution is -0.118. The largest absolute Gasteiger partial charge is 0.495 e. The van der Waals surface area contributed by atoms with Gasteiger partial charge in [0.05, 0.1) is 24.1 Å². The minimum Gasteiger partial charge on any atom is -0.495 e. The molecule has 1 heterocycles. The molecule has 0 radical (unpaired) electrons. The van der Waals surface area contributed by atoms with Crippen LogP contribution < -0.4 is 10.1 Å². The average molecular weight is 332 g/mol. The number of hydrogen-bond donors (Lipinski definition) is 1. The van der Waals surface area contributed by atoms with Gasteiger partial charge in [-0.2, -0.15) is 0 Å². The van der Waals surface area contributed by atoms with E-state index in [0.29, 0.717) is 22.0 Å². The van der Waals surface area contributed by atoms with Crippen molar-refractivity contribution in [3.63, 3.8) is 0 Å². The molecule has 0 aliphatic carbocycles. The van der Waals surface area contributed by atoms with E-state index >= 15 is 0 Å². The predicted octanol–water partition coefficient (Wildman–Crippen LogP) is 3.59. The summed E-state index contributed by atoms with van der Waals surface area (Å²) >= 11 is 6.02. The van der Waals surface area contributed by atoms with E-state index in [2.05, 4.69) is 5.32 Å². The molecule has 0 bridgehead atoms. The lowest BCUT2D eigenvalue weighted by Crippen LogP contribution is -2.15.